The number of aliphatic hydroxyl groups is 1. The van der Waals surface area contributed by atoms with Crippen molar-refractivity contribution in [1.82, 2.24) is 40.5 Å². The van der Waals surface area contributed by atoms with Gasteiger partial charge >= 0.3 is 0 Å². The van der Waals surface area contributed by atoms with Gasteiger partial charge in [0.1, 0.15) is 17.7 Å². The van der Waals surface area contributed by atoms with Crippen LogP contribution in [0, 0.1) is 11.6 Å². The maximum atomic E-state index is 13.2. The molecule has 10 rings (SSSR count). The average molecular weight is 929 g/mol. The lowest BCUT2D eigenvalue weighted by Crippen LogP contribution is -2.36. The van der Waals surface area contributed by atoms with Gasteiger partial charge in [0.15, 0.2) is 11.5 Å². The number of benzene rings is 2. The van der Waals surface area contributed by atoms with E-state index in [0.717, 1.165) is 98.1 Å². The molecule has 17 heteroatoms. The predicted molar refractivity (Wildman–Crippen MR) is 253 cm³/mol. The molecule has 4 aliphatic carbocycles. The Labute approximate surface area is 395 Å². The Kier molecular flexibility index (Phi) is 14.9. The number of carbonyl (C=O) groups excluding carboxylic acids is 2. The van der Waals surface area contributed by atoms with Gasteiger partial charge in [0.05, 0.1) is 53.4 Å². The number of amides is 2. The molecular weight excluding hydrogens is 871 g/mol. The van der Waals surface area contributed by atoms with E-state index in [1.54, 1.807) is 17.3 Å². The van der Waals surface area contributed by atoms with Gasteiger partial charge in [-0.25, -0.2) is 28.7 Å². The lowest BCUT2D eigenvalue weighted by molar-refractivity contribution is 0.0921. The van der Waals surface area contributed by atoms with E-state index < -0.39 is 17.2 Å². The highest BCUT2D eigenvalue weighted by atomic mass is 19.1. The van der Waals surface area contributed by atoms with Crippen LogP contribution in [-0.4, -0.2) is 80.1 Å². The molecule has 0 aliphatic heterocycles. The molecule has 0 spiro atoms. The zero-order valence-electron chi connectivity index (χ0n) is 37.9. The number of pyridine rings is 2. The van der Waals surface area contributed by atoms with E-state index in [2.05, 4.69) is 36.6 Å². The van der Waals surface area contributed by atoms with E-state index in [-0.39, 0.29) is 42.7 Å². The summed E-state index contributed by atoms with van der Waals surface area (Å²) < 4.78 is 32.4. The van der Waals surface area contributed by atoms with Crippen LogP contribution in [-0.2, 0) is 23.9 Å². The molecule has 356 valence electrons. The highest BCUT2D eigenvalue weighted by molar-refractivity contribution is 5.95. The van der Waals surface area contributed by atoms with Crippen molar-refractivity contribution in [3.05, 3.63) is 154 Å². The Morgan fingerprint density at radius 1 is 0.632 bits per heavy atom. The molecule has 2 amide bonds. The van der Waals surface area contributed by atoms with E-state index in [9.17, 15) is 23.5 Å². The van der Waals surface area contributed by atoms with Crippen LogP contribution >= 0.6 is 0 Å². The van der Waals surface area contributed by atoms with Gasteiger partial charge in [-0.2, -0.15) is 0 Å². The number of fused-ring (bicyclic) bond motifs is 2. The molecule has 4 aromatic heterocycles. The van der Waals surface area contributed by atoms with Gasteiger partial charge in [-0.05, 0) is 125 Å². The normalized spacial score (nSPS) is 17.6. The fourth-order valence-corrected chi connectivity index (χ4v) is 8.14. The molecule has 0 radical (unpaired) electrons. The van der Waals surface area contributed by atoms with Crippen molar-refractivity contribution in [3.8, 4) is 11.5 Å². The third-order valence-electron chi connectivity index (χ3n) is 12.2. The zero-order valence-corrected chi connectivity index (χ0v) is 37.9. The molecule has 68 heavy (non-hydrogen) atoms. The maximum absolute atomic E-state index is 13.2. The van der Waals surface area contributed by atoms with Crippen molar-refractivity contribution in [2.45, 2.75) is 94.9 Å². The number of hydrogen-bond donors (Lipinski definition) is 4. The molecule has 0 bridgehead atoms. The highest BCUT2D eigenvalue weighted by Crippen LogP contribution is 2.47. The quantitative estimate of drug-likeness (QED) is 0.104. The molecule has 0 saturated heterocycles. The van der Waals surface area contributed by atoms with Crippen LogP contribution in [0.3, 0.4) is 0 Å². The van der Waals surface area contributed by atoms with Crippen LogP contribution < -0.4 is 25.2 Å². The number of ether oxygens (including phenoxy) is 1. The minimum absolute atomic E-state index is 0. The Balaban J connectivity index is 0.000000170. The van der Waals surface area contributed by atoms with E-state index in [1.807, 2.05) is 51.3 Å². The Morgan fingerprint density at radius 3 is 1.51 bits per heavy atom. The minimum Gasteiger partial charge on any atom is -0.505 e. The Morgan fingerprint density at radius 2 is 1.06 bits per heavy atom. The summed E-state index contributed by atoms with van der Waals surface area (Å²) in [5.74, 6) is 0.802. The summed E-state index contributed by atoms with van der Waals surface area (Å²) in [6.45, 7) is 0. The van der Waals surface area contributed by atoms with Crippen molar-refractivity contribution in [1.29, 1.82) is 0 Å². The number of aryl methyl sites for hydroxylation is 2. The highest BCUT2D eigenvalue weighted by Gasteiger charge is 2.48. The number of carbonyl (C=O) groups is 2. The Hall–Kier alpha value is -7.14. The third kappa shape index (κ3) is 11.5. The first-order chi connectivity index (χ1) is 32.2. The van der Waals surface area contributed by atoms with E-state index >= 15 is 0 Å². The molecule has 2 atom stereocenters. The van der Waals surface area contributed by atoms with Crippen LogP contribution in [0.4, 0.5) is 20.7 Å². The summed E-state index contributed by atoms with van der Waals surface area (Å²) in [5, 5.41) is 25.0. The molecule has 4 aliphatic rings. The smallest absolute Gasteiger partial charge is 0.252 e. The summed E-state index contributed by atoms with van der Waals surface area (Å²) in [7, 11) is 7.47. The second-order valence-electron chi connectivity index (χ2n) is 17.7. The predicted octanol–water partition coefficient (Wildman–Crippen LogP) is 7.85. The fourth-order valence-electron chi connectivity index (χ4n) is 8.14. The largest absolute Gasteiger partial charge is 0.505 e. The van der Waals surface area contributed by atoms with Crippen molar-refractivity contribution < 1.29 is 33.3 Å². The fraction of sp³-hybridized carbons (Fsp3) is 0.373. The lowest BCUT2D eigenvalue weighted by Gasteiger charge is -2.27. The summed E-state index contributed by atoms with van der Waals surface area (Å²) in [6.07, 6.45) is 14.3. The first-order valence-corrected chi connectivity index (χ1v) is 22.4. The minimum atomic E-state index is -0.454. The maximum Gasteiger partial charge on any atom is 0.252 e. The van der Waals surface area contributed by atoms with Gasteiger partial charge in [0, 0.05) is 61.8 Å². The number of aromatic hydroxyl groups is 1. The molecule has 2 saturated carbocycles. The zero-order chi connectivity index (χ0) is 47.3. The molecule has 2 aromatic carbocycles. The average Bonchev–Trinajstić information content (AvgIpc) is 4.28. The Bertz CT molecular complexity index is 2680. The second kappa shape index (κ2) is 20.8. The van der Waals surface area contributed by atoms with Crippen LogP contribution in [0.15, 0.2) is 97.6 Å². The molecule has 2 fully saturated rings. The van der Waals surface area contributed by atoms with Crippen LogP contribution in [0.5, 0.6) is 11.5 Å². The number of hydrogen-bond acceptors (Lipinski definition) is 13. The summed E-state index contributed by atoms with van der Waals surface area (Å²) in [5.41, 5.74) is 5.65. The SMILES string of the molecule is C.CN(C)c1ncc(O)cn1.CN(C)c1ncc(OC2CCCc3nc(C4(NC(=O)c5ccc(F)cc5)CC4)ccc32)cn1.O=C(NC1(c2ccc3c(n2)CCCC3O)CC1)c1ccc(F)cc1. The number of aliphatic hydroxyl groups excluding tert-OH is 1. The van der Waals surface area contributed by atoms with Gasteiger partial charge in [0.25, 0.3) is 11.8 Å². The van der Waals surface area contributed by atoms with Gasteiger partial charge in [-0.15, -0.1) is 0 Å². The molecule has 6 aromatic rings. The van der Waals surface area contributed by atoms with Crippen LogP contribution in [0.25, 0.3) is 0 Å². The molecule has 15 nitrogen and oxygen atoms in total. The van der Waals surface area contributed by atoms with Crippen molar-refractivity contribution in [2.24, 2.45) is 0 Å². The van der Waals surface area contributed by atoms with E-state index in [0.29, 0.717) is 28.8 Å². The van der Waals surface area contributed by atoms with Gasteiger partial charge in [0.2, 0.25) is 11.9 Å². The lowest BCUT2D eigenvalue weighted by atomic mass is 9.92. The molecular formula is C51H58F2N10O5. The monoisotopic (exact) mass is 928 g/mol. The number of aromatic nitrogens is 6. The van der Waals surface area contributed by atoms with E-state index in [4.69, 9.17) is 19.8 Å². The number of anilines is 2. The van der Waals surface area contributed by atoms with E-state index in [1.165, 1.54) is 60.9 Å². The van der Waals surface area contributed by atoms with Crippen molar-refractivity contribution in [2.75, 3.05) is 38.0 Å². The van der Waals surface area contributed by atoms with Gasteiger partial charge in [-0.3, -0.25) is 19.6 Å². The van der Waals surface area contributed by atoms with Crippen LogP contribution in [0.1, 0.15) is 126 Å². The van der Waals surface area contributed by atoms with Crippen molar-refractivity contribution in [3.63, 3.8) is 0 Å². The second-order valence-corrected chi connectivity index (χ2v) is 17.7. The standard InChI is InChI=1S/C25H26FN5O2.C19H19FN2O2.C6H9N3O.CH4/c1-31(2)24-27-14-18(15-28-24)33-21-5-3-4-20-19(21)10-11-22(29-20)25(12-13-25)30-23(32)16-6-8-17(26)9-7-16;20-13-6-4-12(5-7-13)18(24)22-19(10-11-19)17-9-8-14-15(21-17)2-1-3-16(14)23;1-9(2)6-7-3-5(10)4-8-6;/h6-11,14-15,21H,3-5,12-13H2,1-2H3,(H,30,32);4-9,16,23H,1-3,10-11H2,(H,22,24);3-4,10H,1-2H3;1H4. The number of nitrogens with one attached hydrogen (secondary N) is 2. The summed E-state index contributed by atoms with van der Waals surface area (Å²) in [6, 6.07) is 19.0. The first-order valence-electron chi connectivity index (χ1n) is 22.4. The molecule has 2 unspecified atom stereocenters. The van der Waals surface area contributed by atoms with Crippen molar-refractivity contribution >= 4 is 23.7 Å². The number of rotatable bonds is 10. The summed E-state index contributed by atoms with van der Waals surface area (Å²) in [4.78, 5) is 54.7. The summed E-state index contributed by atoms with van der Waals surface area (Å²) >= 11 is 0. The topological polar surface area (TPSA) is 192 Å². The molecule has 4 N–H and O–H groups in total. The third-order valence-corrected chi connectivity index (χ3v) is 12.2. The van der Waals surface area contributed by atoms with Gasteiger partial charge in [-0.1, -0.05) is 19.6 Å². The van der Waals surface area contributed by atoms with Crippen LogP contribution in [0.2, 0.25) is 0 Å². The van der Waals surface area contributed by atoms with Gasteiger partial charge < -0.3 is 35.4 Å². The number of halogens is 2. The molecule has 4 heterocycles. The number of nitrogens with zero attached hydrogens (tertiary/aromatic N) is 8. The first kappa shape index (κ1) is 48.8.